The van der Waals surface area contributed by atoms with E-state index < -0.39 is 40.3 Å². The third kappa shape index (κ3) is 2.59. The highest BCUT2D eigenvalue weighted by Gasteiger charge is 2.73. The van der Waals surface area contributed by atoms with Crippen LogP contribution >= 0.6 is 0 Å². The Bertz CT molecular complexity index is 1080. The molecule has 8 heteroatoms. The maximum Gasteiger partial charge on any atom is 0.342 e. The van der Waals surface area contributed by atoms with Crippen LogP contribution < -0.4 is 9.47 Å². The van der Waals surface area contributed by atoms with Gasteiger partial charge in [-0.3, -0.25) is 4.79 Å². The van der Waals surface area contributed by atoms with Gasteiger partial charge in [0.2, 0.25) is 0 Å². The second-order valence-corrected chi connectivity index (χ2v) is 11.0. The fraction of sp³-hybridized carbons (Fsp3) is 0.680. The number of methoxy groups -OCH3 is 1. The highest BCUT2D eigenvalue weighted by atomic mass is 16.6. The number of aliphatic hydroxyl groups excluding tert-OH is 1. The van der Waals surface area contributed by atoms with Crippen LogP contribution in [0, 0.1) is 18.3 Å². The van der Waals surface area contributed by atoms with Crippen molar-refractivity contribution in [3.05, 3.63) is 22.3 Å². The van der Waals surface area contributed by atoms with E-state index >= 15 is 0 Å². The van der Waals surface area contributed by atoms with Crippen molar-refractivity contribution < 1.29 is 38.7 Å². The number of ether oxygens (including phenoxy) is 4. The predicted octanol–water partition coefficient (Wildman–Crippen LogP) is 2.60. The van der Waals surface area contributed by atoms with Crippen molar-refractivity contribution in [1.29, 1.82) is 0 Å². The topological polar surface area (TPSA) is 112 Å². The normalized spacial score (nSPS) is 38.5. The summed E-state index contributed by atoms with van der Waals surface area (Å²) >= 11 is 0. The third-order valence-electron chi connectivity index (χ3n) is 8.96. The van der Waals surface area contributed by atoms with Gasteiger partial charge in [0.25, 0.3) is 0 Å². The molecular formula is C25H32O8. The van der Waals surface area contributed by atoms with Gasteiger partial charge in [-0.15, -0.1) is 0 Å². The number of cyclic esters (lactones) is 2. The molecule has 33 heavy (non-hydrogen) atoms. The van der Waals surface area contributed by atoms with Crippen molar-refractivity contribution >= 4 is 11.9 Å². The minimum Gasteiger partial charge on any atom is -0.495 e. The van der Waals surface area contributed by atoms with Crippen molar-refractivity contribution in [2.45, 2.75) is 89.8 Å². The van der Waals surface area contributed by atoms with Gasteiger partial charge in [0.05, 0.1) is 13.2 Å². The fourth-order valence-corrected chi connectivity index (χ4v) is 7.31. The molecule has 2 fully saturated rings. The van der Waals surface area contributed by atoms with E-state index in [0.29, 0.717) is 29.9 Å². The lowest BCUT2D eigenvalue weighted by molar-refractivity contribution is -0.302. The first kappa shape index (κ1) is 22.5. The molecule has 0 aromatic heterocycles. The standard InChI is InChI=1S/C25H32O8/c1-12-14-11-31-21(28)18(14)20(30-6)13-9-15-23(4)8-7-17(27)32-22(2,3)25(23,29)16(26)10-24(15,5)33-19(12)13/h15-16,26,29H,7-11H2,1-6H3/t15-,16-,23-,24+,25-/m1/s1. The summed E-state index contributed by atoms with van der Waals surface area (Å²) < 4.78 is 23.3. The van der Waals surface area contributed by atoms with E-state index in [-0.39, 0.29) is 25.4 Å². The van der Waals surface area contributed by atoms with E-state index in [0.717, 1.165) is 16.7 Å². The molecule has 0 spiro atoms. The SMILES string of the molecule is COc1c2c(c(C)c3c1C(=O)OC3)O[C@@]1(C)C[C@@H](O)[C@@]3(O)C(C)(C)OC(=O)CC[C@]3(C)[C@H]1C2. The monoisotopic (exact) mass is 460 g/mol. The average molecular weight is 461 g/mol. The summed E-state index contributed by atoms with van der Waals surface area (Å²) in [7, 11) is 1.52. The van der Waals surface area contributed by atoms with Crippen LogP contribution in [0.4, 0.5) is 0 Å². The molecule has 180 valence electrons. The van der Waals surface area contributed by atoms with Crippen LogP contribution in [0.1, 0.15) is 74.0 Å². The van der Waals surface area contributed by atoms with Gasteiger partial charge in [0.1, 0.15) is 40.5 Å². The molecular weight excluding hydrogens is 428 g/mol. The molecule has 1 aromatic rings. The van der Waals surface area contributed by atoms with Crippen LogP contribution in [0.3, 0.4) is 0 Å². The zero-order chi connectivity index (χ0) is 24.1. The summed E-state index contributed by atoms with van der Waals surface area (Å²) in [6.45, 7) is 9.26. The average Bonchev–Trinajstić information content (AvgIpc) is 3.09. The van der Waals surface area contributed by atoms with Crippen LogP contribution in [0.25, 0.3) is 0 Å². The van der Waals surface area contributed by atoms with Crippen molar-refractivity contribution in [3.63, 3.8) is 0 Å². The molecule has 0 unspecified atom stereocenters. The highest BCUT2D eigenvalue weighted by Crippen LogP contribution is 2.64. The number of esters is 2. The lowest BCUT2D eigenvalue weighted by Crippen LogP contribution is -2.76. The van der Waals surface area contributed by atoms with E-state index in [4.69, 9.17) is 18.9 Å². The lowest BCUT2D eigenvalue weighted by Gasteiger charge is -2.65. The number of carbonyl (C=O) groups is 2. The molecule has 3 heterocycles. The first-order valence-electron chi connectivity index (χ1n) is 11.5. The van der Waals surface area contributed by atoms with E-state index in [1.165, 1.54) is 7.11 Å². The van der Waals surface area contributed by atoms with Crippen molar-refractivity contribution in [2.24, 2.45) is 11.3 Å². The molecule has 1 aromatic carbocycles. The number of rotatable bonds is 1. The first-order chi connectivity index (χ1) is 15.3. The smallest absolute Gasteiger partial charge is 0.342 e. The zero-order valence-electron chi connectivity index (χ0n) is 20.0. The largest absolute Gasteiger partial charge is 0.495 e. The van der Waals surface area contributed by atoms with Gasteiger partial charge in [-0.25, -0.2) is 4.79 Å². The summed E-state index contributed by atoms with van der Waals surface area (Å²) in [6.07, 6.45) is -0.102. The van der Waals surface area contributed by atoms with Gasteiger partial charge in [-0.2, -0.15) is 0 Å². The van der Waals surface area contributed by atoms with Gasteiger partial charge in [-0.1, -0.05) is 6.92 Å². The molecule has 1 saturated heterocycles. The molecule has 1 aliphatic carbocycles. The Morgan fingerprint density at radius 2 is 1.79 bits per heavy atom. The Hall–Kier alpha value is -2.32. The molecule has 5 rings (SSSR count). The zero-order valence-corrected chi connectivity index (χ0v) is 20.0. The Labute approximate surface area is 193 Å². The Morgan fingerprint density at radius 1 is 1.09 bits per heavy atom. The predicted molar refractivity (Wildman–Crippen MR) is 116 cm³/mol. The second kappa shape index (κ2) is 6.63. The van der Waals surface area contributed by atoms with Crippen molar-refractivity contribution in [1.82, 2.24) is 0 Å². The van der Waals surface area contributed by atoms with Gasteiger partial charge >= 0.3 is 11.9 Å². The number of carbonyl (C=O) groups excluding carboxylic acids is 2. The first-order valence-corrected chi connectivity index (χ1v) is 11.5. The van der Waals surface area contributed by atoms with Crippen LogP contribution in [0.5, 0.6) is 11.5 Å². The number of fused-ring (bicyclic) bond motifs is 5. The maximum atomic E-state index is 12.5. The van der Waals surface area contributed by atoms with E-state index in [9.17, 15) is 19.8 Å². The Morgan fingerprint density at radius 3 is 2.45 bits per heavy atom. The van der Waals surface area contributed by atoms with Crippen molar-refractivity contribution in [2.75, 3.05) is 7.11 Å². The van der Waals surface area contributed by atoms with Gasteiger partial charge < -0.3 is 29.2 Å². The molecule has 5 atom stereocenters. The summed E-state index contributed by atoms with van der Waals surface area (Å²) in [5, 5.41) is 23.5. The van der Waals surface area contributed by atoms with Crippen LogP contribution in [-0.2, 0) is 27.3 Å². The van der Waals surface area contributed by atoms with Gasteiger partial charge in [0, 0.05) is 35.3 Å². The number of hydrogen-bond donors (Lipinski definition) is 2. The fourth-order valence-electron chi connectivity index (χ4n) is 7.31. The molecule has 8 nitrogen and oxygen atoms in total. The van der Waals surface area contributed by atoms with E-state index in [1.54, 1.807) is 13.8 Å². The molecule has 0 radical (unpaired) electrons. The molecule has 3 aliphatic heterocycles. The van der Waals surface area contributed by atoms with Gasteiger partial charge in [-0.05, 0) is 46.1 Å². The van der Waals surface area contributed by atoms with Crippen LogP contribution in [0.2, 0.25) is 0 Å². The van der Waals surface area contributed by atoms with Crippen LogP contribution in [0.15, 0.2) is 0 Å². The summed E-state index contributed by atoms with van der Waals surface area (Å²) in [6, 6.07) is 0. The van der Waals surface area contributed by atoms with Crippen LogP contribution in [-0.4, -0.2) is 52.2 Å². The molecule has 4 aliphatic rings. The third-order valence-corrected chi connectivity index (χ3v) is 8.96. The van der Waals surface area contributed by atoms with E-state index in [1.807, 2.05) is 20.8 Å². The summed E-state index contributed by atoms with van der Waals surface area (Å²) in [5.74, 6) is -0.0253. The minimum atomic E-state index is -1.70. The van der Waals surface area contributed by atoms with Crippen molar-refractivity contribution in [3.8, 4) is 11.5 Å². The molecule has 1 saturated carbocycles. The lowest BCUT2D eigenvalue weighted by atomic mass is 9.46. The van der Waals surface area contributed by atoms with Gasteiger partial charge in [0.15, 0.2) is 0 Å². The Balaban J connectivity index is 1.73. The minimum absolute atomic E-state index is 0.126. The summed E-state index contributed by atoms with van der Waals surface area (Å²) in [5.41, 5.74) is -1.98. The second-order valence-electron chi connectivity index (χ2n) is 11.0. The molecule has 0 bridgehead atoms. The maximum absolute atomic E-state index is 12.5. The molecule has 2 N–H and O–H groups in total. The summed E-state index contributed by atoms with van der Waals surface area (Å²) in [4.78, 5) is 25.0. The number of aliphatic hydroxyl groups is 2. The number of benzene rings is 1. The number of hydrogen-bond acceptors (Lipinski definition) is 8. The Kier molecular flexibility index (Phi) is 4.51. The quantitative estimate of drug-likeness (QED) is 0.615. The van der Waals surface area contributed by atoms with E-state index in [2.05, 4.69) is 0 Å². The highest BCUT2D eigenvalue weighted by molar-refractivity contribution is 5.98. The molecule has 0 amide bonds.